The van der Waals surface area contributed by atoms with E-state index >= 15 is 0 Å². The van der Waals surface area contributed by atoms with Gasteiger partial charge in [-0.2, -0.15) is 0 Å². The van der Waals surface area contributed by atoms with Crippen molar-refractivity contribution in [2.45, 2.75) is 69.4 Å². The predicted molar refractivity (Wildman–Crippen MR) is 109 cm³/mol. The Morgan fingerprint density at radius 1 is 1.30 bits per heavy atom. The van der Waals surface area contributed by atoms with E-state index in [1.54, 1.807) is 0 Å². The lowest BCUT2D eigenvalue weighted by Crippen LogP contribution is -2.60. The highest BCUT2D eigenvalue weighted by Crippen LogP contribution is 2.43. The molecule has 0 saturated heterocycles. The van der Waals surface area contributed by atoms with Crippen LogP contribution >= 0.6 is 11.6 Å². The van der Waals surface area contributed by atoms with Crippen molar-refractivity contribution in [1.29, 1.82) is 0 Å². The summed E-state index contributed by atoms with van der Waals surface area (Å²) in [4.78, 5) is 26.2. The minimum absolute atomic E-state index is 0.0916. The van der Waals surface area contributed by atoms with Crippen LogP contribution in [-0.2, 0) is 9.59 Å². The first-order chi connectivity index (χ1) is 14.1. The Labute approximate surface area is 179 Å². The number of halogens is 3. The van der Waals surface area contributed by atoms with Crippen LogP contribution in [0.1, 0.15) is 51.9 Å². The summed E-state index contributed by atoms with van der Waals surface area (Å²) in [5, 5.41) is 10.2. The maximum absolute atomic E-state index is 13.0. The lowest BCUT2D eigenvalue weighted by atomic mass is 9.74. The van der Waals surface area contributed by atoms with Gasteiger partial charge in [0, 0.05) is 18.5 Å². The molecule has 0 heterocycles. The van der Waals surface area contributed by atoms with Gasteiger partial charge in [-0.1, -0.05) is 30.9 Å². The zero-order valence-corrected chi connectivity index (χ0v) is 17.4. The van der Waals surface area contributed by atoms with Crippen LogP contribution in [0.2, 0.25) is 5.02 Å². The van der Waals surface area contributed by atoms with Crippen molar-refractivity contribution in [2.24, 2.45) is 5.92 Å². The van der Waals surface area contributed by atoms with Crippen LogP contribution in [-0.4, -0.2) is 34.5 Å². The third kappa shape index (κ3) is 4.24. The molecule has 1 unspecified atom stereocenters. The number of aliphatic carboxylic acids is 1. The average Bonchev–Trinajstić information content (AvgIpc) is 2.68. The molecule has 1 aromatic carbocycles. The Hall–Kier alpha value is -2.33. The number of carboxylic acids is 1. The van der Waals surface area contributed by atoms with Crippen LogP contribution < -0.4 is 9.64 Å². The molecule has 2 aliphatic carbocycles. The van der Waals surface area contributed by atoms with Crippen molar-refractivity contribution in [1.82, 2.24) is 0 Å². The Morgan fingerprint density at radius 2 is 1.93 bits per heavy atom. The maximum Gasteiger partial charge on any atom is 0.330 e. The standard InChI is InChI=1S/C22H24ClF2NO4/c1-3-19(27)26(21(2,20(28)29)14-7-5-4-6-8-14)15-9-10-18(17(23)11-15)30-16-12-22(24,25)13-16/h1,9-11,14,16H,4-8,12-13H2,2H3,(H,28,29). The topological polar surface area (TPSA) is 66.8 Å². The number of rotatable bonds is 6. The fourth-order valence-electron chi connectivity index (χ4n) is 4.37. The molecule has 8 heteroatoms. The summed E-state index contributed by atoms with van der Waals surface area (Å²) in [5.74, 6) is -2.71. The van der Waals surface area contributed by atoms with Gasteiger partial charge in [0.15, 0.2) is 0 Å². The van der Waals surface area contributed by atoms with Gasteiger partial charge in [-0.3, -0.25) is 9.69 Å². The van der Waals surface area contributed by atoms with Crippen molar-refractivity contribution in [3.05, 3.63) is 23.2 Å². The summed E-state index contributed by atoms with van der Waals surface area (Å²) in [6, 6.07) is 4.33. The van der Waals surface area contributed by atoms with Crippen LogP contribution in [0.3, 0.4) is 0 Å². The number of ether oxygens (including phenoxy) is 1. The Kier molecular flexibility index (Phi) is 6.28. The number of carbonyl (C=O) groups excluding carboxylic acids is 1. The highest BCUT2D eigenvalue weighted by molar-refractivity contribution is 6.32. The number of nitrogens with zero attached hydrogens (tertiary/aromatic N) is 1. The number of amides is 1. The lowest BCUT2D eigenvalue weighted by molar-refractivity contribution is -0.147. The van der Waals surface area contributed by atoms with E-state index < -0.39 is 29.4 Å². The molecule has 5 nitrogen and oxygen atoms in total. The van der Waals surface area contributed by atoms with Gasteiger partial charge in [-0.25, -0.2) is 13.6 Å². The summed E-state index contributed by atoms with van der Waals surface area (Å²) in [6.45, 7) is 1.51. The second-order valence-corrected chi connectivity index (χ2v) is 8.60. The first-order valence-corrected chi connectivity index (χ1v) is 10.3. The lowest BCUT2D eigenvalue weighted by Gasteiger charge is -2.44. The van der Waals surface area contributed by atoms with E-state index in [9.17, 15) is 23.5 Å². The average molecular weight is 440 g/mol. The van der Waals surface area contributed by atoms with Crippen molar-refractivity contribution in [3.8, 4) is 18.1 Å². The van der Waals surface area contributed by atoms with Crippen LogP contribution in [0.5, 0.6) is 5.75 Å². The van der Waals surface area contributed by atoms with Crippen LogP contribution in [0, 0.1) is 18.3 Å². The monoisotopic (exact) mass is 439 g/mol. The maximum atomic E-state index is 13.0. The summed E-state index contributed by atoms with van der Waals surface area (Å²) >= 11 is 6.28. The van der Waals surface area contributed by atoms with Crippen LogP contribution in [0.15, 0.2) is 18.2 Å². The summed E-state index contributed by atoms with van der Waals surface area (Å²) < 4.78 is 31.6. The van der Waals surface area contributed by atoms with E-state index in [2.05, 4.69) is 0 Å². The minimum Gasteiger partial charge on any atom is -0.488 e. The molecule has 2 fully saturated rings. The van der Waals surface area contributed by atoms with Gasteiger partial charge in [0.25, 0.3) is 5.92 Å². The molecule has 0 radical (unpaired) electrons. The minimum atomic E-state index is -2.73. The van der Waals surface area contributed by atoms with Gasteiger partial charge in [0.2, 0.25) is 0 Å². The quantitative estimate of drug-likeness (QED) is 0.640. The van der Waals surface area contributed by atoms with Gasteiger partial charge in [0.05, 0.1) is 5.02 Å². The van der Waals surface area contributed by atoms with Gasteiger partial charge in [-0.05, 0) is 49.8 Å². The summed E-state index contributed by atoms with van der Waals surface area (Å²) in [6.07, 6.45) is 8.07. The Bertz CT molecular complexity index is 870. The van der Waals surface area contributed by atoms with E-state index in [1.165, 1.54) is 25.1 Å². The Morgan fingerprint density at radius 3 is 2.43 bits per heavy atom. The molecule has 1 amide bonds. The van der Waals surface area contributed by atoms with Crippen molar-refractivity contribution >= 4 is 29.2 Å². The molecule has 30 heavy (non-hydrogen) atoms. The van der Waals surface area contributed by atoms with Crippen molar-refractivity contribution in [3.63, 3.8) is 0 Å². The molecule has 2 aliphatic rings. The SMILES string of the molecule is C#CC(=O)N(c1ccc(OC2CC(F)(F)C2)c(Cl)c1)C(C)(C(=O)O)C1CCCCC1. The zero-order chi connectivity index (χ0) is 22.1. The second kappa shape index (κ2) is 8.43. The van der Waals surface area contributed by atoms with E-state index in [4.69, 9.17) is 22.8 Å². The summed E-state index contributed by atoms with van der Waals surface area (Å²) in [7, 11) is 0. The first-order valence-electron chi connectivity index (χ1n) is 9.96. The number of terminal acetylenes is 1. The highest BCUT2D eigenvalue weighted by atomic mass is 35.5. The molecule has 0 spiro atoms. The molecule has 162 valence electrons. The number of alkyl halides is 2. The fourth-order valence-corrected chi connectivity index (χ4v) is 4.59. The van der Waals surface area contributed by atoms with Gasteiger partial charge in [-0.15, -0.1) is 6.42 Å². The molecular formula is C22H24ClF2NO4. The van der Waals surface area contributed by atoms with Gasteiger partial charge in [0.1, 0.15) is 17.4 Å². The van der Waals surface area contributed by atoms with E-state index in [-0.39, 0.29) is 35.2 Å². The van der Waals surface area contributed by atoms with E-state index in [1.807, 2.05) is 5.92 Å². The van der Waals surface area contributed by atoms with Crippen molar-refractivity contribution < 1.29 is 28.2 Å². The normalized spacial score (nSPS) is 21.0. The smallest absolute Gasteiger partial charge is 0.330 e. The molecule has 2 saturated carbocycles. The number of carbonyl (C=O) groups is 2. The van der Waals surface area contributed by atoms with Gasteiger partial charge < -0.3 is 9.84 Å². The molecule has 3 rings (SSSR count). The number of anilines is 1. The first kappa shape index (κ1) is 22.4. The van der Waals surface area contributed by atoms with E-state index in [0.29, 0.717) is 12.8 Å². The highest BCUT2D eigenvalue weighted by Gasteiger charge is 2.50. The third-order valence-corrected chi connectivity index (χ3v) is 6.44. The summed E-state index contributed by atoms with van der Waals surface area (Å²) in [5.41, 5.74) is -1.32. The van der Waals surface area contributed by atoms with Crippen LogP contribution in [0.4, 0.5) is 14.5 Å². The number of hydrogen-bond acceptors (Lipinski definition) is 3. The molecule has 1 aromatic rings. The molecule has 0 aromatic heterocycles. The zero-order valence-electron chi connectivity index (χ0n) is 16.7. The number of hydrogen-bond donors (Lipinski definition) is 1. The largest absolute Gasteiger partial charge is 0.488 e. The molecule has 1 N–H and O–H groups in total. The molecule has 1 atom stereocenters. The number of benzene rings is 1. The number of carboxylic acid groups (broad SMARTS) is 1. The van der Waals surface area contributed by atoms with Gasteiger partial charge >= 0.3 is 11.9 Å². The molecule has 0 bridgehead atoms. The second-order valence-electron chi connectivity index (χ2n) is 8.19. The van der Waals surface area contributed by atoms with E-state index in [0.717, 1.165) is 24.2 Å². The fraction of sp³-hybridized carbons (Fsp3) is 0.545. The predicted octanol–water partition coefficient (Wildman–Crippen LogP) is 4.91. The molecular weight excluding hydrogens is 416 g/mol. The third-order valence-electron chi connectivity index (χ3n) is 6.14. The Balaban J connectivity index is 1.93. The molecule has 0 aliphatic heterocycles. The van der Waals surface area contributed by atoms with Crippen LogP contribution in [0.25, 0.3) is 0 Å². The van der Waals surface area contributed by atoms with Crippen molar-refractivity contribution in [2.75, 3.05) is 4.90 Å².